The Kier molecular flexibility index (Phi) is 9.31. The van der Waals surface area contributed by atoms with E-state index in [0.717, 1.165) is 39.1 Å². The highest BCUT2D eigenvalue weighted by Crippen LogP contribution is 2.42. The van der Waals surface area contributed by atoms with Gasteiger partial charge in [0, 0.05) is 38.2 Å². The summed E-state index contributed by atoms with van der Waals surface area (Å²) in [6.45, 7) is 0. The van der Waals surface area contributed by atoms with Crippen molar-refractivity contribution < 1.29 is 0 Å². The van der Waals surface area contributed by atoms with Crippen molar-refractivity contribution >= 4 is 101 Å². The summed E-state index contributed by atoms with van der Waals surface area (Å²) in [5.74, 6) is 1.87. The summed E-state index contributed by atoms with van der Waals surface area (Å²) in [7, 11) is -6.12. The highest BCUT2D eigenvalue weighted by molar-refractivity contribution is 7.22. The van der Waals surface area contributed by atoms with Gasteiger partial charge in [0.2, 0.25) is 0 Å². The van der Waals surface area contributed by atoms with Gasteiger partial charge in [-0.1, -0.05) is 249 Å². The Morgan fingerprint density at radius 1 is 0.250 bits per heavy atom. The number of benzene rings is 11. The van der Waals surface area contributed by atoms with Gasteiger partial charge < -0.3 is 9.13 Å². The summed E-state index contributed by atoms with van der Waals surface area (Å²) >= 11 is 0. The molecular weight excluding hydrogens is 955 g/mol. The summed E-state index contributed by atoms with van der Waals surface area (Å²) < 4.78 is 5.08. The Bertz CT molecular complexity index is 4280. The molecule has 14 aromatic rings. The molecule has 0 atom stereocenters. The maximum Gasteiger partial charge on any atom is 0.184 e. The molecule has 354 valence electrons. The van der Waals surface area contributed by atoms with Gasteiger partial charge in [0.25, 0.3) is 0 Å². The van der Waals surface area contributed by atoms with Crippen LogP contribution in [0.4, 0.5) is 0 Å². The average Bonchev–Trinajstić information content (AvgIpc) is 4.21. The van der Waals surface area contributed by atoms with E-state index in [0.29, 0.717) is 17.5 Å². The lowest BCUT2D eigenvalue weighted by molar-refractivity contribution is 1.06. The fourth-order valence-electron chi connectivity index (χ4n) is 13.6. The van der Waals surface area contributed by atoms with E-state index in [1.807, 2.05) is 0 Å². The van der Waals surface area contributed by atoms with Gasteiger partial charge in [-0.05, 0) is 65.8 Å². The van der Waals surface area contributed by atoms with Crippen LogP contribution < -0.4 is 41.5 Å². The molecule has 0 saturated carbocycles. The molecule has 0 N–H and O–H groups in total. The Morgan fingerprint density at radius 2 is 0.566 bits per heavy atom. The van der Waals surface area contributed by atoms with Gasteiger partial charge in [-0.2, -0.15) is 0 Å². The molecule has 0 unspecified atom stereocenters. The van der Waals surface area contributed by atoms with Gasteiger partial charge in [0.15, 0.2) is 33.6 Å². The van der Waals surface area contributed by atoms with Crippen LogP contribution in [0.15, 0.2) is 273 Å². The number of rotatable bonds is 7. The minimum Gasteiger partial charge on any atom is -0.309 e. The number of hydrogen-bond acceptors (Lipinski definition) is 3. The summed E-state index contributed by atoms with van der Waals surface area (Å²) in [6.07, 6.45) is 0. The van der Waals surface area contributed by atoms with Crippen LogP contribution in [0.1, 0.15) is 0 Å². The van der Waals surface area contributed by atoms with Crippen LogP contribution in [0.3, 0.4) is 0 Å². The molecule has 0 amide bonds. The zero-order valence-corrected chi connectivity index (χ0v) is 43.2. The van der Waals surface area contributed by atoms with Crippen molar-refractivity contribution in [2.75, 3.05) is 0 Å². The van der Waals surface area contributed by atoms with Crippen LogP contribution in [0.25, 0.3) is 89.2 Å². The monoisotopic (exact) mass is 999 g/mol. The summed E-state index contributed by atoms with van der Waals surface area (Å²) in [4.78, 5) is 17.1. The van der Waals surface area contributed by atoms with E-state index in [1.54, 1.807) is 0 Å². The van der Waals surface area contributed by atoms with Crippen LogP contribution in [0.2, 0.25) is 0 Å². The molecule has 2 aliphatic rings. The molecule has 16 rings (SSSR count). The SMILES string of the molecule is c1ccc(-c2nc(-c3cccc4c3-n3c5ccccc5c5cccc(c53)[Si]4(c3ccccc3)c3ccccc3)nc(-c3cccc4c3-n3c5ccccc5c5cccc(c53)[Si]4(c3ccccc3)c3ccccc3)n2)cc1. The van der Waals surface area contributed by atoms with Crippen molar-refractivity contribution in [3.63, 3.8) is 0 Å². The minimum atomic E-state index is -3.06. The molecule has 0 fully saturated rings. The highest BCUT2D eigenvalue weighted by atomic mass is 28.3. The number of fused-ring (bicyclic) bond motifs is 10. The Morgan fingerprint density at radius 3 is 0.974 bits per heavy atom. The first-order chi connectivity index (χ1) is 37.7. The number of aromatic nitrogens is 5. The fourth-order valence-corrected chi connectivity index (χ4v) is 23.9. The van der Waals surface area contributed by atoms with Crippen LogP contribution in [0, 0.1) is 0 Å². The molecule has 2 aliphatic heterocycles. The van der Waals surface area contributed by atoms with E-state index in [-0.39, 0.29) is 0 Å². The number of para-hydroxylation sites is 6. The fraction of sp³-hybridized carbons (Fsp3) is 0. The Balaban J connectivity index is 1.06. The zero-order chi connectivity index (χ0) is 50.0. The van der Waals surface area contributed by atoms with E-state index in [4.69, 9.17) is 15.0 Å². The first kappa shape index (κ1) is 42.9. The van der Waals surface area contributed by atoms with Crippen molar-refractivity contribution in [1.29, 1.82) is 0 Å². The summed E-state index contributed by atoms with van der Waals surface area (Å²) in [5.41, 5.74) is 9.86. The topological polar surface area (TPSA) is 48.5 Å². The summed E-state index contributed by atoms with van der Waals surface area (Å²) in [6, 6.07) is 101. The maximum absolute atomic E-state index is 5.85. The van der Waals surface area contributed by atoms with Crippen LogP contribution in [-0.2, 0) is 0 Å². The van der Waals surface area contributed by atoms with Gasteiger partial charge >= 0.3 is 0 Å². The number of nitrogens with zero attached hydrogens (tertiary/aromatic N) is 5. The van der Waals surface area contributed by atoms with Crippen LogP contribution in [0.5, 0.6) is 0 Å². The molecule has 7 heteroatoms. The second-order valence-electron chi connectivity index (χ2n) is 20.1. The molecule has 3 aromatic heterocycles. The molecule has 5 heterocycles. The first-order valence-electron chi connectivity index (χ1n) is 26.1. The van der Waals surface area contributed by atoms with Crippen molar-refractivity contribution in [3.05, 3.63) is 273 Å². The molecule has 76 heavy (non-hydrogen) atoms. The van der Waals surface area contributed by atoms with Crippen LogP contribution >= 0.6 is 0 Å². The third kappa shape index (κ3) is 5.75. The zero-order valence-electron chi connectivity index (χ0n) is 41.2. The average molecular weight is 1000 g/mol. The minimum absolute atomic E-state index is 0.623. The molecule has 0 aliphatic carbocycles. The third-order valence-corrected chi connectivity index (χ3v) is 26.1. The lowest BCUT2D eigenvalue weighted by Gasteiger charge is -2.40. The predicted octanol–water partition coefficient (Wildman–Crippen LogP) is 10.4. The normalized spacial score (nSPS) is 13.7. The largest absolute Gasteiger partial charge is 0.309 e. The summed E-state index contributed by atoms with van der Waals surface area (Å²) in [5, 5.41) is 15.6. The predicted molar refractivity (Wildman–Crippen MR) is 319 cm³/mol. The van der Waals surface area contributed by atoms with E-state index in [2.05, 4.69) is 282 Å². The van der Waals surface area contributed by atoms with Gasteiger partial charge in [-0.15, -0.1) is 0 Å². The Hall–Kier alpha value is -9.54. The quantitative estimate of drug-likeness (QED) is 0.150. The van der Waals surface area contributed by atoms with Crippen LogP contribution in [-0.4, -0.2) is 40.2 Å². The molecule has 0 bridgehead atoms. The third-order valence-electron chi connectivity index (χ3n) is 16.5. The smallest absolute Gasteiger partial charge is 0.184 e. The highest BCUT2D eigenvalue weighted by Gasteiger charge is 2.50. The standard InChI is InChI=1S/C69H45N5Si2/c1-6-24-46(25-7-1)67-70-68(55-38-22-44-61-65(55)73-57-40-18-16-34-51(57)53-36-20-42-59(63(53)73)75(61,47-26-8-2-9-27-47)48-28-10-3-11-29-48)72-69(71-67)56-39-23-45-62-66(56)74-58-41-19-17-35-52(58)54-37-21-43-60(64(54)74)76(62,49-30-12-4-13-31-49)50-32-14-5-15-33-50/h1-45H. The molecule has 0 saturated heterocycles. The van der Waals surface area contributed by atoms with Gasteiger partial charge in [-0.3, -0.25) is 0 Å². The molecule has 5 nitrogen and oxygen atoms in total. The van der Waals surface area contributed by atoms with E-state index in [9.17, 15) is 0 Å². The lowest BCUT2D eigenvalue weighted by atomic mass is 10.1. The molecule has 11 aromatic carbocycles. The molecule has 0 radical (unpaired) electrons. The lowest BCUT2D eigenvalue weighted by Crippen LogP contribution is -2.76. The number of hydrogen-bond donors (Lipinski definition) is 0. The van der Waals surface area contributed by atoms with Gasteiger partial charge in [-0.25, -0.2) is 15.0 Å². The van der Waals surface area contributed by atoms with Gasteiger partial charge in [0.1, 0.15) is 0 Å². The van der Waals surface area contributed by atoms with E-state index >= 15 is 0 Å². The second-order valence-corrected chi connectivity index (χ2v) is 27.6. The molecular formula is C69H45N5Si2. The van der Waals surface area contributed by atoms with Crippen molar-refractivity contribution in [2.45, 2.75) is 0 Å². The van der Waals surface area contributed by atoms with Crippen molar-refractivity contribution in [3.8, 4) is 45.5 Å². The van der Waals surface area contributed by atoms with Gasteiger partial charge in [0.05, 0.1) is 33.4 Å². The first-order valence-corrected chi connectivity index (χ1v) is 30.1. The van der Waals surface area contributed by atoms with Crippen molar-refractivity contribution in [1.82, 2.24) is 24.1 Å². The second kappa shape index (κ2) is 16.5. The molecule has 0 spiro atoms. The van der Waals surface area contributed by atoms with E-state index in [1.165, 1.54) is 74.1 Å². The van der Waals surface area contributed by atoms with E-state index < -0.39 is 16.1 Å². The maximum atomic E-state index is 5.85. The van der Waals surface area contributed by atoms with Crippen molar-refractivity contribution in [2.24, 2.45) is 0 Å². The Labute approximate surface area is 441 Å².